The van der Waals surface area contributed by atoms with Gasteiger partial charge in [0, 0.05) is 17.8 Å². The molecule has 1 aromatic heterocycles. The number of amides is 2. The van der Waals surface area contributed by atoms with Crippen LogP contribution in [0.4, 0.5) is 5.69 Å². The van der Waals surface area contributed by atoms with E-state index in [1.807, 2.05) is 6.26 Å². The molecule has 2 aromatic rings. The smallest absolute Gasteiger partial charge is 0.287 e. The first-order valence-corrected chi connectivity index (χ1v) is 9.87. The van der Waals surface area contributed by atoms with Crippen molar-refractivity contribution in [1.29, 1.82) is 0 Å². The van der Waals surface area contributed by atoms with Crippen molar-refractivity contribution < 1.29 is 28.2 Å². The zero-order valence-electron chi connectivity index (χ0n) is 16.2. The Morgan fingerprint density at radius 3 is 2.32 bits per heavy atom. The molecule has 0 bridgehead atoms. The van der Waals surface area contributed by atoms with Crippen molar-refractivity contribution >= 4 is 29.3 Å². The molecule has 0 aliphatic rings. The summed E-state index contributed by atoms with van der Waals surface area (Å²) in [6.45, 7) is 0. The predicted octanol–water partition coefficient (Wildman–Crippen LogP) is 2.80. The predicted molar refractivity (Wildman–Crippen MR) is 108 cm³/mol. The number of carbonyl (C=O) groups is 2. The minimum atomic E-state index is -0.732. The molecule has 2 rings (SSSR count). The van der Waals surface area contributed by atoms with Gasteiger partial charge in [-0.25, -0.2) is 0 Å². The number of ether oxygens (including phenoxy) is 3. The van der Waals surface area contributed by atoms with Gasteiger partial charge in [0.25, 0.3) is 5.91 Å². The second-order valence-corrected chi connectivity index (χ2v) is 6.67. The molecule has 28 heavy (non-hydrogen) atoms. The number of thioether (sulfide) groups is 1. The van der Waals surface area contributed by atoms with Crippen LogP contribution < -0.4 is 24.8 Å². The molecule has 152 valence electrons. The molecular weight excluding hydrogens is 384 g/mol. The normalized spacial score (nSPS) is 11.4. The fourth-order valence-electron chi connectivity index (χ4n) is 2.52. The second-order valence-electron chi connectivity index (χ2n) is 5.69. The van der Waals surface area contributed by atoms with E-state index in [9.17, 15) is 9.59 Å². The third-order valence-electron chi connectivity index (χ3n) is 3.91. The monoisotopic (exact) mass is 408 g/mol. The summed E-state index contributed by atoms with van der Waals surface area (Å²) in [5.74, 6) is 1.29. The molecule has 0 radical (unpaired) electrons. The molecule has 0 aliphatic carbocycles. The molecule has 0 aliphatic heterocycles. The van der Waals surface area contributed by atoms with Gasteiger partial charge >= 0.3 is 0 Å². The van der Waals surface area contributed by atoms with Crippen molar-refractivity contribution in [1.82, 2.24) is 5.32 Å². The molecule has 1 aromatic carbocycles. The fourth-order valence-corrected chi connectivity index (χ4v) is 3.00. The van der Waals surface area contributed by atoms with Crippen LogP contribution in [-0.2, 0) is 4.79 Å². The minimum Gasteiger partial charge on any atom is -0.493 e. The SMILES string of the molecule is COc1cc(NC(=O)C(CCSC)NC(=O)c2ccco2)cc(OC)c1OC. The van der Waals surface area contributed by atoms with Crippen molar-refractivity contribution in [3.63, 3.8) is 0 Å². The van der Waals surface area contributed by atoms with Gasteiger partial charge in [-0.15, -0.1) is 0 Å². The highest BCUT2D eigenvalue weighted by atomic mass is 32.2. The maximum Gasteiger partial charge on any atom is 0.287 e. The van der Waals surface area contributed by atoms with Crippen LogP contribution in [0.25, 0.3) is 0 Å². The van der Waals surface area contributed by atoms with Crippen LogP contribution in [0.2, 0.25) is 0 Å². The Bertz CT molecular complexity index is 769. The first-order valence-electron chi connectivity index (χ1n) is 8.48. The Labute approximate surface area is 167 Å². The highest BCUT2D eigenvalue weighted by Crippen LogP contribution is 2.39. The summed E-state index contributed by atoms with van der Waals surface area (Å²) in [5.41, 5.74) is 0.459. The van der Waals surface area contributed by atoms with Gasteiger partial charge in [0.1, 0.15) is 6.04 Å². The van der Waals surface area contributed by atoms with Crippen LogP contribution in [0, 0.1) is 0 Å². The quantitative estimate of drug-likeness (QED) is 0.624. The van der Waals surface area contributed by atoms with Crippen molar-refractivity contribution in [2.24, 2.45) is 0 Å². The van der Waals surface area contributed by atoms with Crippen molar-refractivity contribution in [3.05, 3.63) is 36.3 Å². The summed E-state index contributed by atoms with van der Waals surface area (Å²) < 4.78 is 21.0. The number of hydrogen-bond donors (Lipinski definition) is 2. The van der Waals surface area contributed by atoms with E-state index in [0.717, 1.165) is 0 Å². The molecule has 9 heteroatoms. The third-order valence-corrected chi connectivity index (χ3v) is 4.55. The lowest BCUT2D eigenvalue weighted by molar-refractivity contribution is -0.118. The average molecular weight is 408 g/mol. The maximum absolute atomic E-state index is 12.8. The number of rotatable bonds is 10. The molecule has 0 spiro atoms. The Morgan fingerprint density at radius 1 is 1.14 bits per heavy atom. The largest absolute Gasteiger partial charge is 0.493 e. The lowest BCUT2D eigenvalue weighted by atomic mass is 10.2. The zero-order chi connectivity index (χ0) is 20.5. The fraction of sp³-hybridized carbons (Fsp3) is 0.368. The lowest BCUT2D eigenvalue weighted by Crippen LogP contribution is -2.44. The number of benzene rings is 1. The van der Waals surface area contributed by atoms with Crippen LogP contribution in [0.15, 0.2) is 34.9 Å². The van der Waals surface area contributed by atoms with Gasteiger partial charge in [0.2, 0.25) is 11.7 Å². The number of hydrogen-bond acceptors (Lipinski definition) is 7. The van der Waals surface area contributed by atoms with Gasteiger partial charge in [-0.05, 0) is 30.6 Å². The van der Waals surface area contributed by atoms with Gasteiger partial charge in [0.05, 0.1) is 27.6 Å². The van der Waals surface area contributed by atoms with E-state index in [0.29, 0.717) is 35.1 Å². The van der Waals surface area contributed by atoms with Crippen molar-refractivity contribution in [2.75, 3.05) is 38.7 Å². The van der Waals surface area contributed by atoms with E-state index in [-0.39, 0.29) is 11.7 Å². The summed E-state index contributed by atoms with van der Waals surface area (Å²) in [4.78, 5) is 25.1. The van der Waals surface area contributed by atoms with E-state index in [2.05, 4.69) is 10.6 Å². The molecule has 1 heterocycles. The third kappa shape index (κ3) is 5.35. The summed E-state index contributed by atoms with van der Waals surface area (Å²) >= 11 is 1.58. The molecule has 2 amide bonds. The number of anilines is 1. The molecule has 8 nitrogen and oxygen atoms in total. The van der Waals surface area contributed by atoms with Crippen LogP contribution in [0.1, 0.15) is 17.0 Å². The molecular formula is C19H24N2O6S. The topological polar surface area (TPSA) is 99.0 Å². The highest BCUT2D eigenvalue weighted by molar-refractivity contribution is 7.98. The number of nitrogens with one attached hydrogen (secondary N) is 2. The minimum absolute atomic E-state index is 0.148. The number of carbonyl (C=O) groups excluding carboxylic acids is 2. The van der Waals surface area contributed by atoms with Crippen LogP contribution in [0.5, 0.6) is 17.2 Å². The second kappa shape index (κ2) is 10.5. The number of methoxy groups -OCH3 is 3. The van der Waals surface area contributed by atoms with Gasteiger partial charge < -0.3 is 29.3 Å². The molecule has 2 N–H and O–H groups in total. The summed E-state index contributed by atoms with van der Waals surface area (Å²) in [5, 5.41) is 5.50. The van der Waals surface area contributed by atoms with E-state index in [4.69, 9.17) is 18.6 Å². The molecule has 0 saturated carbocycles. The summed E-state index contributed by atoms with van der Waals surface area (Å²) in [6, 6.07) is 5.67. The first-order chi connectivity index (χ1) is 13.5. The van der Waals surface area contributed by atoms with Gasteiger partial charge in [0.15, 0.2) is 17.3 Å². The van der Waals surface area contributed by atoms with Crippen LogP contribution in [0.3, 0.4) is 0 Å². The van der Waals surface area contributed by atoms with Gasteiger partial charge in [-0.2, -0.15) is 11.8 Å². The average Bonchev–Trinajstić information content (AvgIpc) is 3.25. The Kier molecular flexibility index (Phi) is 8.06. The summed E-state index contributed by atoms with van der Waals surface area (Å²) in [6.07, 6.45) is 3.80. The Hall–Kier alpha value is -2.81. The van der Waals surface area contributed by atoms with E-state index in [1.165, 1.54) is 33.7 Å². The van der Waals surface area contributed by atoms with Crippen molar-refractivity contribution in [2.45, 2.75) is 12.5 Å². The standard InChI is InChI=1S/C19H24N2O6S/c1-24-15-10-12(11-16(25-2)17(15)26-3)20-18(22)13(7-9-28-4)21-19(23)14-6-5-8-27-14/h5-6,8,10-11,13H,7,9H2,1-4H3,(H,20,22)(H,21,23). The van der Waals surface area contributed by atoms with E-state index < -0.39 is 11.9 Å². The Balaban J connectivity index is 2.19. The van der Waals surface area contributed by atoms with Gasteiger partial charge in [-0.3, -0.25) is 9.59 Å². The van der Waals surface area contributed by atoms with Crippen molar-refractivity contribution in [3.8, 4) is 17.2 Å². The van der Waals surface area contributed by atoms with Gasteiger partial charge in [-0.1, -0.05) is 0 Å². The Morgan fingerprint density at radius 2 is 1.82 bits per heavy atom. The molecule has 1 atom stereocenters. The zero-order valence-corrected chi connectivity index (χ0v) is 17.1. The highest BCUT2D eigenvalue weighted by Gasteiger charge is 2.23. The van der Waals surface area contributed by atoms with E-state index in [1.54, 1.807) is 30.0 Å². The molecule has 0 fully saturated rings. The maximum atomic E-state index is 12.8. The molecule has 1 unspecified atom stereocenters. The number of furan rings is 1. The first kappa shape index (κ1) is 21.5. The van der Waals surface area contributed by atoms with Crippen LogP contribution in [-0.4, -0.2) is 51.2 Å². The van der Waals surface area contributed by atoms with E-state index >= 15 is 0 Å². The molecule has 0 saturated heterocycles. The summed E-state index contributed by atoms with van der Waals surface area (Å²) in [7, 11) is 4.49. The lowest BCUT2D eigenvalue weighted by Gasteiger charge is -2.19. The van der Waals surface area contributed by atoms with Crippen LogP contribution >= 0.6 is 11.8 Å².